The van der Waals surface area contributed by atoms with Crippen molar-refractivity contribution in [3.63, 3.8) is 0 Å². The molecule has 6 nitrogen and oxygen atoms in total. The minimum Gasteiger partial charge on any atom is -0.491 e. The molecule has 1 spiro atoms. The van der Waals surface area contributed by atoms with Gasteiger partial charge in [0.2, 0.25) is 11.8 Å². The van der Waals surface area contributed by atoms with Crippen LogP contribution in [0.5, 0.6) is 5.75 Å². The molecule has 170 valence electrons. The molecule has 0 radical (unpaired) electrons. The molecule has 2 saturated heterocycles. The Balaban J connectivity index is 1.49. The molecule has 1 unspecified atom stereocenters. The highest BCUT2D eigenvalue weighted by Gasteiger charge is 2.45. The zero-order valence-corrected chi connectivity index (χ0v) is 18.8. The number of aryl methyl sites for hydroxylation is 1. The summed E-state index contributed by atoms with van der Waals surface area (Å²) in [5.74, 6) is 1.38. The number of carbonyl (C=O) groups excluding carboxylic acids is 2. The number of benzene rings is 1. The first-order valence-corrected chi connectivity index (χ1v) is 11.9. The van der Waals surface area contributed by atoms with Crippen LogP contribution < -0.4 is 4.74 Å². The number of carbonyl (C=O) groups is 2. The van der Waals surface area contributed by atoms with Crippen molar-refractivity contribution >= 4 is 11.8 Å². The molecular formula is C25H36N2O4. The standard InChI is InChI=1S/C25H36N2O4/c1-26-15-18-31-22-9-3-2-7-20(22)8-4-5-12-25(24(26)29)13-6-14-27(19-25)23(28)21-10-16-30-17-11-21/h2-3,7,9,21H,4-6,8,10-19H2,1H3. The summed E-state index contributed by atoms with van der Waals surface area (Å²) in [6, 6.07) is 8.22. The van der Waals surface area contributed by atoms with E-state index >= 15 is 0 Å². The summed E-state index contributed by atoms with van der Waals surface area (Å²) in [5.41, 5.74) is 0.776. The van der Waals surface area contributed by atoms with Gasteiger partial charge in [-0.25, -0.2) is 0 Å². The van der Waals surface area contributed by atoms with Gasteiger partial charge in [-0.1, -0.05) is 24.6 Å². The summed E-state index contributed by atoms with van der Waals surface area (Å²) in [4.78, 5) is 30.7. The third kappa shape index (κ3) is 5.05. The van der Waals surface area contributed by atoms with Crippen molar-refractivity contribution in [2.24, 2.45) is 11.3 Å². The highest BCUT2D eigenvalue weighted by molar-refractivity contribution is 5.85. The lowest BCUT2D eigenvalue weighted by molar-refractivity contribution is -0.151. The van der Waals surface area contributed by atoms with Gasteiger partial charge in [0.15, 0.2) is 0 Å². The predicted octanol–water partition coefficient (Wildman–Crippen LogP) is 3.29. The van der Waals surface area contributed by atoms with Gasteiger partial charge in [-0.05, 0) is 56.6 Å². The normalized spacial score (nSPS) is 26.5. The maximum Gasteiger partial charge on any atom is 0.230 e. The monoisotopic (exact) mass is 428 g/mol. The number of likely N-dealkylation sites (N-methyl/N-ethyl adjacent to an activating group) is 1. The number of fused-ring (bicyclic) bond motifs is 1. The number of hydrogen-bond donors (Lipinski definition) is 0. The zero-order chi connectivity index (χ0) is 21.7. The number of likely N-dealkylation sites (tertiary alicyclic amines) is 1. The number of piperidine rings is 1. The van der Waals surface area contributed by atoms with Crippen molar-refractivity contribution in [3.05, 3.63) is 29.8 Å². The highest BCUT2D eigenvalue weighted by atomic mass is 16.5. The molecule has 3 aliphatic rings. The Hall–Kier alpha value is -2.08. The average molecular weight is 429 g/mol. The molecule has 31 heavy (non-hydrogen) atoms. The molecule has 0 aromatic heterocycles. The molecule has 0 saturated carbocycles. The Morgan fingerprint density at radius 3 is 2.65 bits per heavy atom. The SMILES string of the molecule is CN1CCOc2ccccc2CCCCC2(CCCN(C(=O)C3CCOCC3)C2)C1=O. The number of para-hydroxylation sites is 1. The fourth-order valence-electron chi connectivity index (χ4n) is 5.44. The predicted molar refractivity (Wildman–Crippen MR) is 119 cm³/mol. The average Bonchev–Trinajstić information content (AvgIpc) is 2.81. The molecule has 0 bridgehead atoms. The molecule has 2 fully saturated rings. The first-order valence-electron chi connectivity index (χ1n) is 11.9. The molecule has 6 heteroatoms. The van der Waals surface area contributed by atoms with Gasteiger partial charge in [-0.2, -0.15) is 0 Å². The van der Waals surface area contributed by atoms with Crippen molar-refractivity contribution in [2.75, 3.05) is 46.5 Å². The fraction of sp³-hybridized carbons (Fsp3) is 0.680. The van der Waals surface area contributed by atoms with Crippen LogP contribution in [0.15, 0.2) is 24.3 Å². The number of rotatable bonds is 1. The van der Waals surface area contributed by atoms with Gasteiger partial charge in [0.05, 0.1) is 12.0 Å². The molecule has 1 aromatic rings. The van der Waals surface area contributed by atoms with Crippen molar-refractivity contribution < 1.29 is 19.1 Å². The van der Waals surface area contributed by atoms with E-state index in [-0.39, 0.29) is 17.7 Å². The van der Waals surface area contributed by atoms with E-state index in [4.69, 9.17) is 9.47 Å². The first-order chi connectivity index (χ1) is 15.1. The van der Waals surface area contributed by atoms with E-state index in [1.807, 2.05) is 29.0 Å². The summed E-state index contributed by atoms with van der Waals surface area (Å²) >= 11 is 0. The Kier molecular flexibility index (Phi) is 7.16. The van der Waals surface area contributed by atoms with Crippen LogP contribution in [0.25, 0.3) is 0 Å². The molecule has 2 amide bonds. The van der Waals surface area contributed by atoms with Crippen molar-refractivity contribution in [2.45, 2.75) is 51.4 Å². The third-order valence-electron chi connectivity index (χ3n) is 7.27. The van der Waals surface area contributed by atoms with Crippen LogP contribution in [-0.2, 0) is 20.7 Å². The molecule has 3 aliphatic heterocycles. The van der Waals surface area contributed by atoms with E-state index in [9.17, 15) is 9.59 Å². The van der Waals surface area contributed by atoms with Gasteiger partial charge >= 0.3 is 0 Å². The fourth-order valence-corrected chi connectivity index (χ4v) is 5.44. The smallest absolute Gasteiger partial charge is 0.230 e. The Bertz CT molecular complexity index is 777. The number of ether oxygens (including phenoxy) is 2. The van der Waals surface area contributed by atoms with E-state index in [0.717, 1.165) is 63.7 Å². The molecule has 0 aliphatic carbocycles. The number of hydrogen-bond acceptors (Lipinski definition) is 4. The van der Waals surface area contributed by atoms with E-state index in [0.29, 0.717) is 32.9 Å². The van der Waals surface area contributed by atoms with Crippen LogP contribution in [0.4, 0.5) is 0 Å². The largest absolute Gasteiger partial charge is 0.491 e. The Morgan fingerprint density at radius 2 is 1.81 bits per heavy atom. The third-order valence-corrected chi connectivity index (χ3v) is 7.27. The van der Waals surface area contributed by atoms with Crippen LogP contribution in [0.3, 0.4) is 0 Å². The van der Waals surface area contributed by atoms with Gasteiger partial charge < -0.3 is 19.3 Å². The van der Waals surface area contributed by atoms with Crippen LogP contribution in [-0.4, -0.2) is 68.1 Å². The van der Waals surface area contributed by atoms with Gasteiger partial charge in [-0.3, -0.25) is 9.59 Å². The summed E-state index contributed by atoms with van der Waals surface area (Å²) in [6.45, 7) is 3.70. The molecule has 0 N–H and O–H groups in total. The van der Waals surface area contributed by atoms with Gasteiger partial charge in [0.25, 0.3) is 0 Å². The van der Waals surface area contributed by atoms with Gasteiger partial charge in [0.1, 0.15) is 12.4 Å². The molecule has 4 rings (SSSR count). The Morgan fingerprint density at radius 1 is 1.03 bits per heavy atom. The molecule has 1 aromatic carbocycles. The first kappa shape index (κ1) is 22.1. The summed E-state index contributed by atoms with van der Waals surface area (Å²) in [7, 11) is 1.88. The van der Waals surface area contributed by atoms with E-state index in [2.05, 4.69) is 12.1 Å². The van der Waals surface area contributed by atoms with Crippen molar-refractivity contribution in [3.8, 4) is 5.75 Å². The van der Waals surface area contributed by atoms with Gasteiger partial charge in [0, 0.05) is 39.3 Å². The van der Waals surface area contributed by atoms with Crippen molar-refractivity contribution in [1.82, 2.24) is 9.80 Å². The maximum atomic E-state index is 13.6. The summed E-state index contributed by atoms with van der Waals surface area (Å²) in [5, 5.41) is 0. The van der Waals surface area contributed by atoms with Crippen molar-refractivity contribution in [1.29, 1.82) is 0 Å². The zero-order valence-electron chi connectivity index (χ0n) is 18.8. The molecule has 1 atom stereocenters. The quantitative estimate of drug-likeness (QED) is 0.689. The lowest BCUT2D eigenvalue weighted by atomic mass is 9.74. The van der Waals surface area contributed by atoms with E-state index < -0.39 is 5.41 Å². The van der Waals surface area contributed by atoms with Gasteiger partial charge in [-0.15, -0.1) is 0 Å². The summed E-state index contributed by atoms with van der Waals surface area (Å²) in [6.07, 6.45) is 7.16. The molecular weight excluding hydrogens is 392 g/mol. The lowest BCUT2D eigenvalue weighted by Gasteiger charge is -2.44. The van der Waals surface area contributed by atoms with E-state index in [1.165, 1.54) is 5.56 Å². The summed E-state index contributed by atoms with van der Waals surface area (Å²) < 4.78 is 11.5. The lowest BCUT2D eigenvalue weighted by Crippen LogP contribution is -2.55. The molecule has 3 heterocycles. The topological polar surface area (TPSA) is 59.1 Å². The minimum absolute atomic E-state index is 0.0490. The highest BCUT2D eigenvalue weighted by Crippen LogP contribution is 2.38. The Labute approximate surface area is 185 Å². The number of amides is 2. The second-order valence-corrected chi connectivity index (χ2v) is 9.42. The maximum absolute atomic E-state index is 13.6. The second kappa shape index (κ2) is 10.0. The van der Waals surface area contributed by atoms with Crippen LogP contribution in [0.1, 0.15) is 50.5 Å². The number of nitrogens with zero attached hydrogens (tertiary/aromatic N) is 2. The van der Waals surface area contributed by atoms with Crippen LogP contribution in [0, 0.1) is 11.3 Å². The van der Waals surface area contributed by atoms with Crippen LogP contribution >= 0.6 is 0 Å². The minimum atomic E-state index is -0.466. The van der Waals surface area contributed by atoms with Crippen LogP contribution in [0.2, 0.25) is 0 Å². The second-order valence-electron chi connectivity index (χ2n) is 9.42. The van der Waals surface area contributed by atoms with E-state index in [1.54, 1.807) is 0 Å².